The zero-order valence-corrected chi connectivity index (χ0v) is 16.9. The number of rotatable bonds is 5. The van der Waals surface area contributed by atoms with Crippen LogP contribution in [-0.4, -0.2) is 27.8 Å². The van der Waals surface area contributed by atoms with Crippen molar-refractivity contribution in [1.82, 2.24) is 20.4 Å². The number of ether oxygens (including phenoxy) is 2. The number of nitrogens with zero attached hydrogens (tertiary/aromatic N) is 3. The topological polar surface area (TPSA) is 99.4 Å². The summed E-state index contributed by atoms with van der Waals surface area (Å²) in [4.78, 5) is 22.0. The van der Waals surface area contributed by atoms with Crippen molar-refractivity contribution in [3.8, 4) is 22.9 Å². The molecule has 1 N–H and O–H groups in total. The summed E-state index contributed by atoms with van der Waals surface area (Å²) in [6.45, 7) is 0.683. The fourth-order valence-electron chi connectivity index (χ4n) is 5.17. The van der Waals surface area contributed by atoms with E-state index in [1.807, 2.05) is 23.6 Å². The number of benzene rings is 1. The monoisotopic (exact) mass is 424 g/mol. The number of carbonyl (C=O) groups is 1. The molecule has 2 aromatic heterocycles. The number of hydrogen-bond donors (Lipinski definition) is 1. The molecular formula is C21H20N4O4S. The lowest BCUT2D eigenvalue weighted by Crippen LogP contribution is -2.37. The van der Waals surface area contributed by atoms with E-state index in [4.69, 9.17) is 14.0 Å². The summed E-state index contributed by atoms with van der Waals surface area (Å²) in [5, 5.41) is 10.1. The highest BCUT2D eigenvalue weighted by atomic mass is 32.1. The van der Waals surface area contributed by atoms with Crippen molar-refractivity contribution >= 4 is 17.2 Å². The van der Waals surface area contributed by atoms with Crippen LogP contribution in [0.25, 0.3) is 11.4 Å². The van der Waals surface area contributed by atoms with Gasteiger partial charge in [-0.2, -0.15) is 4.98 Å². The van der Waals surface area contributed by atoms with Crippen LogP contribution >= 0.6 is 11.3 Å². The first-order valence-corrected chi connectivity index (χ1v) is 11.0. The average Bonchev–Trinajstić information content (AvgIpc) is 3.59. The van der Waals surface area contributed by atoms with E-state index in [9.17, 15) is 4.79 Å². The number of aromatic nitrogens is 3. The van der Waals surface area contributed by atoms with Gasteiger partial charge in [-0.25, -0.2) is 4.98 Å². The van der Waals surface area contributed by atoms with Gasteiger partial charge in [-0.05, 0) is 49.3 Å². The SMILES string of the molecule is O=C(NCc1nccs1)[C@H]1[C@H]2CC[C@H](C2)[C@@H]1c1nc(-c2ccc3c(c2)OCO3)no1. The van der Waals surface area contributed by atoms with Crippen LogP contribution in [-0.2, 0) is 11.3 Å². The maximum atomic E-state index is 13.1. The lowest BCUT2D eigenvalue weighted by Gasteiger charge is -2.27. The first-order valence-electron chi connectivity index (χ1n) is 10.2. The Kier molecular flexibility index (Phi) is 4.22. The van der Waals surface area contributed by atoms with Gasteiger partial charge in [-0.3, -0.25) is 4.79 Å². The number of carbonyl (C=O) groups excluding carboxylic acids is 1. The molecule has 9 heteroatoms. The highest BCUT2D eigenvalue weighted by molar-refractivity contribution is 7.09. The van der Waals surface area contributed by atoms with Crippen LogP contribution in [0.1, 0.15) is 36.1 Å². The summed E-state index contributed by atoms with van der Waals surface area (Å²) >= 11 is 1.54. The van der Waals surface area contributed by atoms with Crippen molar-refractivity contribution < 1.29 is 18.8 Å². The number of hydrogen-bond acceptors (Lipinski definition) is 8. The third-order valence-electron chi connectivity index (χ3n) is 6.47. The minimum atomic E-state index is -0.131. The van der Waals surface area contributed by atoms with E-state index in [2.05, 4.69) is 20.4 Å². The standard InChI is InChI=1S/C21H20N4O4S/c26-20(23-9-16-22-5-6-30-16)17-11-1-2-12(7-11)18(17)21-24-19(25-29-21)13-3-4-14-15(8-13)28-10-27-14/h3-6,8,11-12,17-18H,1-2,7,9-10H2,(H,23,26)/t11-,12+,17-,18-/m0/s1. The van der Waals surface area contributed by atoms with E-state index in [1.165, 1.54) is 0 Å². The molecule has 4 atom stereocenters. The molecule has 2 saturated carbocycles. The zero-order valence-electron chi connectivity index (χ0n) is 16.1. The van der Waals surface area contributed by atoms with Crippen molar-refractivity contribution in [3.05, 3.63) is 40.7 Å². The molecule has 3 aromatic rings. The van der Waals surface area contributed by atoms with Crippen molar-refractivity contribution in [3.63, 3.8) is 0 Å². The number of amides is 1. The molecule has 8 nitrogen and oxygen atoms in total. The van der Waals surface area contributed by atoms with E-state index >= 15 is 0 Å². The number of nitrogens with one attached hydrogen (secondary N) is 1. The van der Waals surface area contributed by atoms with Crippen LogP contribution in [0.4, 0.5) is 0 Å². The van der Waals surface area contributed by atoms with Crippen LogP contribution < -0.4 is 14.8 Å². The van der Waals surface area contributed by atoms with Gasteiger partial charge >= 0.3 is 0 Å². The van der Waals surface area contributed by atoms with Gasteiger partial charge in [-0.1, -0.05) is 5.16 Å². The van der Waals surface area contributed by atoms with Crippen molar-refractivity contribution in [2.45, 2.75) is 31.7 Å². The molecule has 30 heavy (non-hydrogen) atoms. The fourth-order valence-corrected chi connectivity index (χ4v) is 5.72. The minimum absolute atomic E-state index is 0.0321. The lowest BCUT2D eigenvalue weighted by atomic mass is 9.78. The molecule has 1 aromatic carbocycles. The lowest BCUT2D eigenvalue weighted by molar-refractivity contribution is -0.127. The van der Waals surface area contributed by atoms with E-state index in [-0.39, 0.29) is 24.5 Å². The Morgan fingerprint density at radius 2 is 2.10 bits per heavy atom. The van der Waals surface area contributed by atoms with Gasteiger partial charge < -0.3 is 19.3 Å². The Bertz CT molecular complexity index is 1080. The molecule has 0 radical (unpaired) electrons. The summed E-state index contributed by atoms with van der Waals surface area (Å²) in [5.41, 5.74) is 0.808. The Morgan fingerprint density at radius 3 is 3.00 bits per heavy atom. The molecule has 6 rings (SSSR count). The van der Waals surface area contributed by atoms with E-state index in [1.54, 1.807) is 17.5 Å². The molecular weight excluding hydrogens is 404 g/mol. The molecule has 1 aliphatic heterocycles. The first-order chi connectivity index (χ1) is 14.8. The predicted molar refractivity (Wildman–Crippen MR) is 107 cm³/mol. The Balaban J connectivity index is 1.24. The molecule has 0 spiro atoms. The summed E-state index contributed by atoms with van der Waals surface area (Å²) in [5.74, 6) is 3.14. The maximum absolute atomic E-state index is 13.1. The molecule has 2 fully saturated rings. The largest absolute Gasteiger partial charge is 0.454 e. The van der Waals surface area contributed by atoms with Gasteiger partial charge in [0.1, 0.15) is 5.01 Å². The predicted octanol–water partition coefficient (Wildman–Crippen LogP) is 3.37. The van der Waals surface area contributed by atoms with Gasteiger partial charge in [0.15, 0.2) is 11.5 Å². The van der Waals surface area contributed by atoms with E-state index in [0.29, 0.717) is 41.6 Å². The highest BCUT2D eigenvalue weighted by Crippen LogP contribution is 2.56. The van der Waals surface area contributed by atoms with E-state index in [0.717, 1.165) is 29.8 Å². The van der Waals surface area contributed by atoms with Gasteiger partial charge in [0.05, 0.1) is 18.4 Å². The molecule has 2 aliphatic carbocycles. The Labute approximate surface area is 176 Å². The summed E-state index contributed by atoms with van der Waals surface area (Å²) in [6.07, 6.45) is 4.98. The maximum Gasteiger partial charge on any atom is 0.231 e. The van der Waals surface area contributed by atoms with Gasteiger partial charge in [0.25, 0.3) is 0 Å². The second-order valence-electron chi connectivity index (χ2n) is 8.05. The van der Waals surface area contributed by atoms with Crippen LogP contribution in [0.15, 0.2) is 34.3 Å². The van der Waals surface area contributed by atoms with Crippen LogP contribution in [0.5, 0.6) is 11.5 Å². The zero-order chi connectivity index (χ0) is 20.1. The van der Waals surface area contributed by atoms with Crippen molar-refractivity contribution in [2.75, 3.05) is 6.79 Å². The molecule has 0 unspecified atom stereocenters. The third kappa shape index (κ3) is 2.96. The highest BCUT2D eigenvalue weighted by Gasteiger charge is 2.53. The first kappa shape index (κ1) is 17.9. The van der Waals surface area contributed by atoms with Gasteiger partial charge in [0, 0.05) is 17.1 Å². The van der Waals surface area contributed by atoms with Crippen molar-refractivity contribution in [1.29, 1.82) is 0 Å². The fraction of sp³-hybridized carbons (Fsp3) is 0.429. The Hall–Kier alpha value is -2.94. The van der Waals surface area contributed by atoms with E-state index < -0.39 is 0 Å². The van der Waals surface area contributed by atoms with Crippen LogP contribution in [0.3, 0.4) is 0 Å². The minimum Gasteiger partial charge on any atom is -0.454 e. The number of fused-ring (bicyclic) bond motifs is 3. The summed E-state index contributed by atoms with van der Waals surface area (Å²) in [7, 11) is 0. The second kappa shape index (κ2) is 7.09. The second-order valence-corrected chi connectivity index (χ2v) is 9.03. The van der Waals surface area contributed by atoms with Crippen LogP contribution in [0.2, 0.25) is 0 Å². The smallest absolute Gasteiger partial charge is 0.231 e. The summed E-state index contributed by atoms with van der Waals surface area (Å²) in [6, 6.07) is 5.59. The molecule has 0 saturated heterocycles. The third-order valence-corrected chi connectivity index (χ3v) is 7.25. The Morgan fingerprint density at radius 1 is 1.20 bits per heavy atom. The van der Waals surface area contributed by atoms with Gasteiger partial charge in [0.2, 0.25) is 24.4 Å². The normalized spacial score (nSPS) is 26.3. The summed E-state index contributed by atoms with van der Waals surface area (Å²) < 4.78 is 16.5. The molecule has 3 heterocycles. The average molecular weight is 424 g/mol. The number of thiazole rings is 1. The van der Waals surface area contributed by atoms with Crippen LogP contribution in [0, 0.1) is 17.8 Å². The molecule has 2 bridgehead atoms. The molecule has 154 valence electrons. The van der Waals surface area contributed by atoms with Gasteiger partial charge in [-0.15, -0.1) is 11.3 Å². The molecule has 1 amide bonds. The quantitative estimate of drug-likeness (QED) is 0.670. The van der Waals surface area contributed by atoms with Crippen molar-refractivity contribution in [2.24, 2.45) is 17.8 Å². The molecule has 3 aliphatic rings.